The van der Waals surface area contributed by atoms with Crippen molar-refractivity contribution < 1.29 is 4.79 Å². The number of nitrogens with one attached hydrogen (secondary N) is 1. The Hall–Kier alpha value is -1.69. The molecule has 0 aliphatic rings. The minimum atomic E-state index is -0.814. The van der Waals surface area contributed by atoms with Crippen molar-refractivity contribution >= 4 is 34.9 Å². The molecule has 7 heteroatoms. The summed E-state index contributed by atoms with van der Waals surface area (Å²) in [6.45, 7) is 0. The van der Waals surface area contributed by atoms with Crippen LogP contribution in [0.4, 0.5) is 5.82 Å². The van der Waals surface area contributed by atoms with E-state index in [1.54, 1.807) is 24.3 Å². The summed E-state index contributed by atoms with van der Waals surface area (Å²) in [5.41, 5.74) is 6.53. The van der Waals surface area contributed by atoms with Gasteiger partial charge in [0.05, 0.1) is 0 Å². The van der Waals surface area contributed by atoms with Crippen molar-refractivity contribution in [1.82, 2.24) is 9.97 Å². The fourth-order valence-corrected chi connectivity index (χ4v) is 1.72. The predicted molar refractivity (Wildman–Crippen MR) is 74.1 cm³/mol. The van der Waals surface area contributed by atoms with Crippen molar-refractivity contribution in [3.05, 3.63) is 52.4 Å². The van der Waals surface area contributed by atoms with Crippen LogP contribution in [0.3, 0.4) is 0 Å². The number of hydrogen-bond donors (Lipinski definition) is 2. The Kier molecular flexibility index (Phi) is 4.31. The summed E-state index contributed by atoms with van der Waals surface area (Å²) in [7, 11) is 0. The predicted octanol–water partition coefficient (Wildman–Crippen LogP) is 2.42. The number of rotatable bonds is 3. The SMILES string of the molecule is NC(C(=O)Nc1ncnc(Cl)c1Cl)c1ccccc1. The maximum Gasteiger partial charge on any atom is 0.247 e. The number of nitrogens with two attached hydrogens (primary N) is 1. The Morgan fingerprint density at radius 3 is 2.58 bits per heavy atom. The van der Waals surface area contributed by atoms with E-state index < -0.39 is 11.9 Å². The second-order valence-corrected chi connectivity index (χ2v) is 4.44. The van der Waals surface area contributed by atoms with E-state index in [0.717, 1.165) is 0 Å². The lowest BCUT2D eigenvalue weighted by Gasteiger charge is -2.12. The van der Waals surface area contributed by atoms with Crippen molar-refractivity contribution in [2.75, 3.05) is 5.32 Å². The van der Waals surface area contributed by atoms with E-state index in [1.807, 2.05) is 6.07 Å². The van der Waals surface area contributed by atoms with Gasteiger partial charge in [0.2, 0.25) is 5.91 Å². The molecule has 3 N–H and O–H groups in total. The molecule has 19 heavy (non-hydrogen) atoms. The van der Waals surface area contributed by atoms with Gasteiger partial charge in [-0.3, -0.25) is 4.79 Å². The molecule has 0 fully saturated rings. The Morgan fingerprint density at radius 2 is 1.89 bits per heavy atom. The standard InChI is InChI=1S/C12H10Cl2N4O/c13-8-10(14)16-6-17-11(8)18-12(19)9(15)7-4-2-1-3-5-7/h1-6,9H,15H2,(H,16,17,18,19). The van der Waals surface area contributed by atoms with Crippen LogP contribution < -0.4 is 11.1 Å². The quantitative estimate of drug-likeness (QED) is 0.853. The van der Waals surface area contributed by atoms with Gasteiger partial charge in [-0.1, -0.05) is 53.5 Å². The number of halogens is 2. The minimum absolute atomic E-state index is 0.0697. The molecule has 5 nitrogen and oxygen atoms in total. The minimum Gasteiger partial charge on any atom is -0.316 e. The van der Waals surface area contributed by atoms with Crippen molar-refractivity contribution in [2.24, 2.45) is 5.73 Å². The van der Waals surface area contributed by atoms with Crippen LogP contribution in [0.25, 0.3) is 0 Å². The Labute approximate surface area is 119 Å². The third-order valence-electron chi connectivity index (χ3n) is 2.43. The molecule has 0 saturated carbocycles. The highest BCUT2D eigenvalue weighted by Gasteiger charge is 2.18. The molecule has 2 rings (SSSR count). The zero-order chi connectivity index (χ0) is 13.8. The molecule has 0 aliphatic heterocycles. The van der Waals surface area contributed by atoms with E-state index in [2.05, 4.69) is 15.3 Å². The van der Waals surface area contributed by atoms with Crippen LogP contribution >= 0.6 is 23.2 Å². The van der Waals surface area contributed by atoms with E-state index >= 15 is 0 Å². The van der Waals surface area contributed by atoms with E-state index in [1.165, 1.54) is 6.33 Å². The summed E-state index contributed by atoms with van der Waals surface area (Å²) in [5, 5.41) is 2.67. The van der Waals surface area contributed by atoms with E-state index in [0.29, 0.717) is 5.56 Å². The monoisotopic (exact) mass is 296 g/mol. The fraction of sp³-hybridized carbons (Fsp3) is 0.0833. The molecular formula is C12H10Cl2N4O. The number of nitrogens with zero attached hydrogens (tertiary/aromatic N) is 2. The summed E-state index contributed by atoms with van der Waals surface area (Å²) < 4.78 is 0. The molecule has 1 aromatic heterocycles. The lowest BCUT2D eigenvalue weighted by atomic mass is 10.1. The van der Waals surface area contributed by atoms with Gasteiger partial charge >= 0.3 is 0 Å². The summed E-state index contributed by atoms with van der Waals surface area (Å²) in [6, 6.07) is 8.16. The largest absolute Gasteiger partial charge is 0.316 e. The summed E-state index contributed by atoms with van der Waals surface area (Å²) in [5.74, 6) is -0.291. The summed E-state index contributed by atoms with van der Waals surface area (Å²) >= 11 is 11.6. The Balaban J connectivity index is 2.15. The van der Waals surface area contributed by atoms with E-state index in [9.17, 15) is 4.79 Å². The van der Waals surface area contributed by atoms with Gasteiger partial charge < -0.3 is 11.1 Å². The van der Waals surface area contributed by atoms with Gasteiger partial charge in [-0.15, -0.1) is 0 Å². The third-order valence-corrected chi connectivity index (χ3v) is 3.17. The molecule has 1 aromatic carbocycles. The number of anilines is 1. The highest BCUT2D eigenvalue weighted by molar-refractivity contribution is 6.42. The average molecular weight is 297 g/mol. The van der Waals surface area contributed by atoms with Gasteiger partial charge in [0.25, 0.3) is 0 Å². The van der Waals surface area contributed by atoms with Gasteiger partial charge in [0.1, 0.15) is 17.4 Å². The van der Waals surface area contributed by atoms with Crippen LogP contribution in [0, 0.1) is 0 Å². The summed E-state index contributed by atoms with van der Waals surface area (Å²) in [6.07, 6.45) is 1.21. The first-order chi connectivity index (χ1) is 9.09. The molecule has 2 aromatic rings. The van der Waals surface area contributed by atoms with Crippen molar-refractivity contribution in [3.63, 3.8) is 0 Å². The third kappa shape index (κ3) is 3.20. The van der Waals surface area contributed by atoms with Crippen LogP contribution in [-0.4, -0.2) is 15.9 Å². The van der Waals surface area contributed by atoms with Gasteiger partial charge in [-0.05, 0) is 5.56 Å². The Bertz CT molecular complexity index is 592. The zero-order valence-corrected chi connectivity index (χ0v) is 11.2. The number of amides is 1. The maximum absolute atomic E-state index is 12.0. The zero-order valence-electron chi connectivity index (χ0n) is 9.68. The van der Waals surface area contributed by atoms with Crippen molar-refractivity contribution in [2.45, 2.75) is 6.04 Å². The topological polar surface area (TPSA) is 80.9 Å². The molecule has 1 heterocycles. The highest BCUT2D eigenvalue weighted by Crippen LogP contribution is 2.26. The van der Waals surface area contributed by atoms with Gasteiger partial charge in [-0.25, -0.2) is 9.97 Å². The van der Waals surface area contributed by atoms with Gasteiger partial charge in [0.15, 0.2) is 11.0 Å². The number of carbonyl (C=O) groups is 1. The second-order valence-electron chi connectivity index (χ2n) is 3.70. The maximum atomic E-state index is 12.0. The van der Waals surface area contributed by atoms with Crippen LogP contribution in [0.15, 0.2) is 36.7 Å². The van der Waals surface area contributed by atoms with Gasteiger partial charge in [-0.2, -0.15) is 0 Å². The Morgan fingerprint density at radius 1 is 1.21 bits per heavy atom. The van der Waals surface area contributed by atoms with E-state index in [-0.39, 0.29) is 16.0 Å². The summed E-state index contributed by atoms with van der Waals surface area (Å²) in [4.78, 5) is 19.5. The van der Waals surface area contributed by atoms with Crippen LogP contribution in [0.5, 0.6) is 0 Å². The molecule has 1 unspecified atom stereocenters. The molecule has 0 bridgehead atoms. The van der Waals surface area contributed by atoms with Crippen LogP contribution in [-0.2, 0) is 4.79 Å². The first-order valence-electron chi connectivity index (χ1n) is 5.37. The number of carbonyl (C=O) groups excluding carboxylic acids is 1. The molecule has 0 saturated heterocycles. The molecule has 1 atom stereocenters. The number of benzene rings is 1. The molecule has 1 amide bonds. The van der Waals surface area contributed by atoms with Crippen molar-refractivity contribution in [1.29, 1.82) is 0 Å². The van der Waals surface area contributed by atoms with Gasteiger partial charge in [0, 0.05) is 0 Å². The molecule has 0 aliphatic carbocycles. The fourth-order valence-electron chi connectivity index (χ4n) is 1.44. The lowest BCUT2D eigenvalue weighted by molar-refractivity contribution is -0.117. The smallest absolute Gasteiger partial charge is 0.247 e. The number of hydrogen-bond acceptors (Lipinski definition) is 4. The average Bonchev–Trinajstić information content (AvgIpc) is 2.44. The molecule has 98 valence electrons. The van der Waals surface area contributed by atoms with E-state index in [4.69, 9.17) is 28.9 Å². The second kappa shape index (κ2) is 5.97. The lowest BCUT2D eigenvalue weighted by Crippen LogP contribution is -2.28. The molecule has 0 radical (unpaired) electrons. The number of aromatic nitrogens is 2. The van der Waals surface area contributed by atoms with Crippen LogP contribution in [0.2, 0.25) is 10.2 Å². The first-order valence-corrected chi connectivity index (χ1v) is 6.12. The normalized spacial score (nSPS) is 11.9. The van der Waals surface area contributed by atoms with Crippen LogP contribution in [0.1, 0.15) is 11.6 Å². The first kappa shape index (κ1) is 13.7. The molecular weight excluding hydrogens is 287 g/mol. The highest BCUT2D eigenvalue weighted by atomic mass is 35.5. The molecule has 0 spiro atoms. The van der Waals surface area contributed by atoms with Crippen molar-refractivity contribution in [3.8, 4) is 0 Å².